The average molecular weight is 150 g/mol. The number of unbranched alkanes of at least 4 members (excludes halogenated alkanes) is 3. The van der Waals surface area contributed by atoms with Crippen LogP contribution in [0.4, 0.5) is 0 Å². The molecular formula is C10H16N. The number of H-pyrrole nitrogens is 1. The topological polar surface area (TPSA) is 15.8 Å². The molecule has 1 N–H and O–H groups in total. The quantitative estimate of drug-likeness (QED) is 0.621. The first-order valence-electron chi connectivity index (χ1n) is 4.47. The van der Waals surface area contributed by atoms with Gasteiger partial charge in [-0.25, -0.2) is 0 Å². The van der Waals surface area contributed by atoms with Gasteiger partial charge in [0.15, 0.2) is 0 Å². The van der Waals surface area contributed by atoms with Crippen LogP contribution in [0.5, 0.6) is 0 Å². The predicted octanol–water partition coefficient (Wildman–Crippen LogP) is 2.94. The minimum atomic E-state index is 1.16. The van der Waals surface area contributed by atoms with Gasteiger partial charge in [-0.2, -0.15) is 0 Å². The van der Waals surface area contributed by atoms with Gasteiger partial charge < -0.3 is 4.98 Å². The summed E-state index contributed by atoms with van der Waals surface area (Å²) < 4.78 is 0. The average Bonchev–Trinajstić information content (AvgIpc) is 2.50. The molecular weight excluding hydrogens is 134 g/mol. The molecule has 0 aliphatic heterocycles. The van der Waals surface area contributed by atoms with Crippen LogP contribution in [0.15, 0.2) is 12.3 Å². The van der Waals surface area contributed by atoms with E-state index in [-0.39, 0.29) is 0 Å². The summed E-state index contributed by atoms with van der Waals surface area (Å²) in [6.07, 6.45) is 8.42. The Morgan fingerprint density at radius 1 is 1.36 bits per heavy atom. The standard InChI is InChI=1S/C10H16N/c1-2-3-4-5-7-10-8-6-9-11-10/h6,9,11H,2-5,7H2,1H3. The first-order valence-corrected chi connectivity index (χ1v) is 4.47. The van der Waals surface area contributed by atoms with Gasteiger partial charge in [-0.1, -0.05) is 26.2 Å². The molecule has 0 aliphatic rings. The lowest BCUT2D eigenvalue weighted by Gasteiger charge is -1.96. The molecule has 1 rings (SSSR count). The van der Waals surface area contributed by atoms with E-state index in [9.17, 15) is 0 Å². The fraction of sp³-hybridized carbons (Fsp3) is 0.600. The third-order valence-electron chi connectivity index (χ3n) is 1.88. The molecule has 0 bridgehead atoms. The van der Waals surface area contributed by atoms with Gasteiger partial charge in [-0.15, -0.1) is 0 Å². The van der Waals surface area contributed by atoms with E-state index in [1.807, 2.05) is 12.3 Å². The van der Waals surface area contributed by atoms with Gasteiger partial charge in [0.2, 0.25) is 0 Å². The van der Waals surface area contributed by atoms with Gasteiger partial charge in [-0.05, 0) is 18.9 Å². The van der Waals surface area contributed by atoms with E-state index in [1.54, 1.807) is 0 Å². The van der Waals surface area contributed by atoms with Gasteiger partial charge in [0, 0.05) is 18.0 Å². The minimum absolute atomic E-state index is 1.16. The molecule has 0 atom stereocenters. The summed E-state index contributed by atoms with van der Waals surface area (Å²) in [5.41, 5.74) is 1.25. The number of aromatic nitrogens is 1. The molecule has 0 saturated carbocycles. The third-order valence-corrected chi connectivity index (χ3v) is 1.88. The van der Waals surface area contributed by atoms with Crippen molar-refractivity contribution in [3.05, 3.63) is 24.0 Å². The lowest BCUT2D eigenvalue weighted by atomic mass is 10.1. The SMILES string of the molecule is CCCCCCc1[c]cc[nH]1. The largest absolute Gasteiger partial charge is 0.364 e. The van der Waals surface area contributed by atoms with Crippen LogP contribution in [-0.2, 0) is 6.42 Å². The van der Waals surface area contributed by atoms with Crippen molar-refractivity contribution in [2.75, 3.05) is 0 Å². The van der Waals surface area contributed by atoms with Gasteiger partial charge in [0.1, 0.15) is 0 Å². The van der Waals surface area contributed by atoms with E-state index >= 15 is 0 Å². The van der Waals surface area contributed by atoms with Crippen LogP contribution < -0.4 is 0 Å². The summed E-state index contributed by atoms with van der Waals surface area (Å²) in [6, 6.07) is 5.10. The molecule has 1 heterocycles. The van der Waals surface area contributed by atoms with Gasteiger partial charge in [0.05, 0.1) is 0 Å². The molecule has 11 heavy (non-hydrogen) atoms. The minimum Gasteiger partial charge on any atom is -0.364 e. The fourth-order valence-corrected chi connectivity index (χ4v) is 1.20. The zero-order valence-corrected chi connectivity index (χ0v) is 7.19. The Balaban J connectivity index is 2.04. The molecule has 0 unspecified atom stereocenters. The van der Waals surface area contributed by atoms with E-state index in [0.29, 0.717) is 0 Å². The highest BCUT2D eigenvalue weighted by Gasteiger charge is 1.92. The van der Waals surface area contributed by atoms with E-state index in [2.05, 4.69) is 18.0 Å². The van der Waals surface area contributed by atoms with Crippen LogP contribution in [0.2, 0.25) is 0 Å². The fourth-order valence-electron chi connectivity index (χ4n) is 1.20. The Morgan fingerprint density at radius 2 is 2.27 bits per heavy atom. The molecule has 0 spiro atoms. The van der Waals surface area contributed by atoms with Gasteiger partial charge in [0.25, 0.3) is 0 Å². The Labute approximate surface area is 68.8 Å². The zero-order chi connectivity index (χ0) is 7.94. The number of hydrogen-bond acceptors (Lipinski definition) is 0. The van der Waals surface area contributed by atoms with Crippen molar-refractivity contribution in [2.24, 2.45) is 0 Å². The van der Waals surface area contributed by atoms with E-state index in [0.717, 1.165) is 6.42 Å². The molecule has 0 fully saturated rings. The summed E-state index contributed by atoms with van der Waals surface area (Å²) in [7, 11) is 0. The van der Waals surface area contributed by atoms with E-state index < -0.39 is 0 Å². The van der Waals surface area contributed by atoms with Gasteiger partial charge >= 0.3 is 0 Å². The number of aryl methyl sites for hydroxylation is 1. The number of nitrogens with one attached hydrogen (secondary N) is 1. The second-order valence-electron chi connectivity index (χ2n) is 2.91. The highest BCUT2D eigenvalue weighted by atomic mass is 14.7. The maximum atomic E-state index is 3.16. The summed E-state index contributed by atoms with van der Waals surface area (Å²) in [5.74, 6) is 0. The maximum Gasteiger partial charge on any atom is 0.0227 e. The smallest absolute Gasteiger partial charge is 0.0227 e. The van der Waals surface area contributed by atoms with Crippen LogP contribution in [-0.4, -0.2) is 4.98 Å². The lowest BCUT2D eigenvalue weighted by Crippen LogP contribution is -1.84. The Hall–Kier alpha value is -0.720. The monoisotopic (exact) mass is 150 g/mol. The van der Waals surface area contributed by atoms with Crippen LogP contribution in [0.3, 0.4) is 0 Å². The summed E-state index contributed by atoms with van der Waals surface area (Å²) in [6.45, 7) is 2.24. The van der Waals surface area contributed by atoms with Crippen molar-refractivity contribution in [1.29, 1.82) is 0 Å². The lowest BCUT2D eigenvalue weighted by molar-refractivity contribution is 0.661. The molecule has 1 nitrogen and oxygen atoms in total. The van der Waals surface area contributed by atoms with Crippen LogP contribution >= 0.6 is 0 Å². The third kappa shape index (κ3) is 3.26. The highest BCUT2D eigenvalue weighted by molar-refractivity contribution is 5.00. The van der Waals surface area contributed by atoms with E-state index in [4.69, 9.17) is 0 Å². The van der Waals surface area contributed by atoms with Crippen molar-refractivity contribution < 1.29 is 0 Å². The molecule has 0 amide bonds. The number of rotatable bonds is 5. The van der Waals surface area contributed by atoms with Crippen molar-refractivity contribution in [3.8, 4) is 0 Å². The van der Waals surface area contributed by atoms with Crippen molar-refractivity contribution in [1.82, 2.24) is 4.98 Å². The Bertz CT molecular complexity index is 165. The van der Waals surface area contributed by atoms with Crippen molar-refractivity contribution in [2.45, 2.75) is 39.0 Å². The second-order valence-corrected chi connectivity index (χ2v) is 2.91. The normalized spacial score (nSPS) is 10.3. The molecule has 0 aliphatic carbocycles. The first kappa shape index (κ1) is 8.38. The zero-order valence-electron chi connectivity index (χ0n) is 7.19. The highest BCUT2D eigenvalue weighted by Crippen LogP contribution is 2.04. The second kappa shape index (κ2) is 5.00. The molecule has 0 saturated heterocycles. The molecule has 61 valence electrons. The summed E-state index contributed by atoms with van der Waals surface area (Å²) in [5, 5.41) is 0. The number of aromatic amines is 1. The predicted molar refractivity (Wildman–Crippen MR) is 47.5 cm³/mol. The molecule has 1 radical (unpaired) electrons. The summed E-state index contributed by atoms with van der Waals surface area (Å²) in [4.78, 5) is 3.16. The van der Waals surface area contributed by atoms with Crippen LogP contribution in [0.1, 0.15) is 38.3 Å². The number of hydrogen-bond donors (Lipinski definition) is 1. The Kier molecular flexibility index (Phi) is 3.81. The summed E-state index contributed by atoms with van der Waals surface area (Å²) >= 11 is 0. The van der Waals surface area contributed by atoms with Crippen LogP contribution in [0, 0.1) is 6.07 Å². The van der Waals surface area contributed by atoms with Crippen molar-refractivity contribution >= 4 is 0 Å². The Morgan fingerprint density at radius 3 is 2.91 bits per heavy atom. The van der Waals surface area contributed by atoms with Crippen molar-refractivity contribution in [3.63, 3.8) is 0 Å². The molecule has 1 heteroatoms. The molecule has 0 aromatic carbocycles. The van der Waals surface area contributed by atoms with E-state index in [1.165, 1.54) is 31.4 Å². The van der Waals surface area contributed by atoms with Gasteiger partial charge in [-0.3, -0.25) is 0 Å². The molecule has 1 aromatic rings. The first-order chi connectivity index (χ1) is 5.43. The van der Waals surface area contributed by atoms with Crippen LogP contribution in [0.25, 0.3) is 0 Å². The maximum absolute atomic E-state index is 3.16. The molecule has 1 aromatic heterocycles.